The zero-order chi connectivity index (χ0) is 18.0. The molecule has 0 aromatic heterocycles. The van der Waals surface area contributed by atoms with Crippen molar-refractivity contribution in [2.45, 2.75) is 26.3 Å². The molecule has 0 aliphatic carbocycles. The fraction of sp³-hybridized carbons (Fsp3) is 0.300. The van der Waals surface area contributed by atoms with E-state index in [-0.39, 0.29) is 11.8 Å². The van der Waals surface area contributed by atoms with Crippen LogP contribution in [0.4, 0.5) is 5.69 Å². The van der Waals surface area contributed by atoms with E-state index in [1.54, 1.807) is 24.0 Å². The van der Waals surface area contributed by atoms with Crippen LogP contribution < -0.4 is 4.90 Å². The lowest BCUT2D eigenvalue weighted by molar-refractivity contribution is -0.124. The van der Waals surface area contributed by atoms with Crippen LogP contribution in [0.1, 0.15) is 29.8 Å². The number of anilines is 1. The van der Waals surface area contributed by atoms with Crippen molar-refractivity contribution in [3.05, 3.63) is 64.1 Å². The maximum atomic E-state index is 12.9. The van der Waals surface area contributed by atoms with E-state index in [4.69, 9.17) is 0 Å². The van der Waals surface area contributed by atoms with Gasteiger partial charge in [0.25, 0.3) is 5.91 Å². The van der Waals surface area contributed by atoms with Crippen LogP contribution in [0.25, 0.3) is 0 Å². The summed E-state index contributed by atoms with van der Waals surface area (Å²) in [5.41, 5.74) is 2.70. The van der Waals surface area contributed by atoms with Crippen molar-refractivity contribution in [2.75, 3.05) is 18.0 Å². The molecule has 0 spiro atoms. The van der Waals surface area contributed by atoms with Gasteiger partial charge in [0, 0.05) is 28.8 Å². The molecular formula is C20H21BrN2O2. The molecule has 3 rings (SSSR count). The Bertz CT molecular complexity index is 806. The number of nitrogens with zero attached hydrogens (tertiary/aromatic N) is 2. The number of rotatable bonds is 3. The second kappa shape index (κ2) is 7.40. The predicted molar refractivity (Wildman–Crippen MR) is 103 cm³/mol. The molecule has 2 amide bonds. The molecule has 0 radical (unpaired) electrons. The van der Waals surface area contributed by atoms with Crippen molar-refractivity contribution in [2.24, 2.45) is 0 Å². The zero-order valence-corrected chi connectivity index (χ0v) is 16.0. The van der Waals surface area contributed by atoms with Crippen LogP contribution in [0.3, 0.4) is 0 Å². The Labute approximate surface area is 156 Å². The van der Waals surface area contributed by atoms with Crippen LogP contribution in [0.2, 0.25) is 0 Å². The third-order valence-corrected chi connectivity index (χ3v) is 5.14. The number of halogens is 1. The highest BCUT2D eigenvalue weighted by Crippen LogP contribution is 2.26. The molecule has 25 heavy (non-hydrogen) atoms. The number of carbonyl (C=O) groups excluding carboxylic acids is 2. The summed E-state index contributed by atoms with van der Waals surface area (Å²) < 4.78 is 0.854. The lowest BCUT2D eigenvalue weighted by atomic mass is 10.1. The third kappa shape index (κ3) is 3.47. The zero-order valence-electron chi connectivity index (χ0n) is 14.4. The van der Waals surface area contributed by atoms with Crippen LogP contribution >= 0.6 is 15.9 Å². The van der Waals surface area contributed by atoms with E-state index in [1.165, 1.54) is 0 Å². The van der Waals surface area contributed by atoms with Crippen LogP contribution in [-0.4, -0.2) is 35.8 Å². The van der Waals surface area contributed by atoms with Gasteiger partial charge in [-0.15, -0.1) is 0 Å². The molecular weight excluding hydrogens is 380 g/mol. The second-order valence-electron chi connectivity index (χ2n) is 6.16. The standard InChI is InChI=1S/C20H21BrN2O2/c1-3-15-7-4-5-10-18(15)23-12-11-22(14(2)19(23)24)20(25)16-8-6-9-17(21)13-16/h4-10,13-14H,3,11-12H2,1-2H3/t14-/m1/s1. The second-order valence-corrected chi connectivity index (χ2v) is 7.07. The fourth-order valence-corrected chi connectivity index (χ4v) is 3.65. The maximum absolute atomic E-state index is 12.9. The predicted octanol–water partition coefficient (Wildman–Crippen LogP) is 3.89. The Morgan fingerprint density at radius 1 is 1.16 bits per heavy atom. The highest BCUT2D eigenvalue weighted by atomic mass is 79.9. The number of amides is 2. The Kier molecular flexibility index (Phi) is 5.23. The number of hydrogen-bond donors (Lipinski definition) is 0. The Hall–Kier alpha value is -2.14. The largest absolute Gasteiger partial charge is 0.325 e. The summed E-state index contributed by atoms with van der Waals surface area (Å²) in [5, 5.41) is 0. The number of para-hydroxylation sites is 1. The van der Waals surface area contributed by atoms with Crippen LogP contribution in [0.15, 0.2) is 53.0 Å². The van der Waals surface area contributed by atoms with Gasteiger partial charge in [0.15, 0.2) is 0 Å². The van der Waals surface area contributed by atoms with Gasteiger partial charge in [0.05, 0.1) is 0 Å². The molecule has 2 aromatic rings. The van der Waals surface area contributed by atoms with E-state index in [1.807, 2.05) is 41.3 Å². The van der Waals surface area contributed by atoms with Crippen molar-refractivity contribution >= 4 is 33.4 Å². The van der Waals surface area contributed by atoms with Crippen LogP contribution in [0.5, 0.6) is 0 Å². The molecule has 0 bridgehead atoms. The van der Waals surface area contributed by atoms with Gasteiger partial charge in [-0.05, 0) is 43.2 Å². The SMILES string of the molecule is CCc1ccccc1N1CCN(C(=O)c2cccc(Br)c2)[C@H](C)C1=O. The summed E-state index contributed by atoms with van der Waals surface area (Å²) in [6.07, 6.45) is 0.870. The van der Waals surface area contributed by atoms with E-state index in [2.05, 4.69) is 22.9 Å². The maximum Gasteiger partial charge on any atom is 0.254 e. The molecule has 5 heteroatoms. The highest BCUT2D eigenvalue weighted by molar-refractivity contribution is 9.10. The average molecular weight is 401 g/mol. The molecule has 0 unspecified atom stereocenters. The highest BCUT2D eigenvalue weighted by Gasteiger charge is 2.35. The first-order valence-electron chi connectivity index (χ1n) is 8.48. The van der Waals surface area contributed by atoms with E-state index < -0.39 is 6.04 Å². The number of benzene rings is 2. The fourth-order valence-electron chi connectivity index (χ4n) is 3.25. The molecule has 1 fully saturated rings. The van der Waals surface area contributed by atoms with Gasteiger partial charge < -0.3 is 9.80 Å². The van der Waals surface area contributed by atoms with Gasteiger partial charge >= 0.3 is 0 Å². The minimum atomic E-state index is -0.481. The Balaban J connectivity index is 1.83. The molecule has 1 saturated heterocycles. The Morgan fingerprint density at radius 3 is 2.64 bits per heavy atom. The molecule has 1 atom stereocenters. The first-order valence-corrected chi connectivity index (χ1v) is 9.28. The summed E-state index contributed by atoms with van der Waals surface area (Å²) in [7, 11) is 0. The van der Waals surface area contributed by atoms with Crippen molar-refractivity contribution in [3.63, 3.8) is 0 Å². The van der Waals surface area contributed by atoms with Crippen molar-refractivity contribution in [1.29, 1.82) is 0 Å². The lowest BCUT2D eigenvalue weighted by Gasteiger charge is -2.39. The minimum absolute atomic E-state index is 0.0319. The molecule has 1 aliphatic rings. The van der Waals surface area contributed by atoms with Gasteiger partial charge in [-0.1, -0.05) is 47.1 Å². The van der Waals surface area contributed by atoms with Gasteiger partial charge in [0.1, 0.15) is 6.04 Å². The molecule has 0 saturated carbocycles. The van der Waals surface area contributed by atoms with Crippen LogP contribution in [-0.2, 0) is 11.2 Å². The smallest absolute Gasteiger partial charge is 0.254 e. The summed E-state index contributed by atoms with van der Waals surface area (Å²) >= 11 is 3.39. The topological polar surface area (TPSA) is 40.6 Å². The minimum Gasteiger partial charge on any atom is -0.325 e. The number of aryl methyl sites for hydroxylation is 1. The molecule has 1 heterocycles. The van der Waals surface area contributed by atoms with Gasteiger partial charge in [-0.25, -0.2) is 0 Å². The third-order valence-electron chi connectivity index (χ3n) is 4.65. The van der Waals surface area contributed by atoms with Gasteiger partial charge in [-0.2, -0.15) is 0 Å². The molecule has 130 valence electrons. The van der Waals surface area contributed by atoms with Gasteiger partial charge in [-0.3, -0.25) is 9.59 Å². The molecule has 0 N–H and O–H groups in total. The first kappa shape index (κ1) is 17.7. The first-order chi connectivity index (χ1) is 12.0. The monoisotopic (exact) mass is 400 g/mol. The summed E-state index contributed by atoms with van der Waals surface area (Å²) in [5.74, 6) is -0.138. The lowest BCUT2D eigenvalue weighted by Crippen LogP contribution is -2.58. The van der Waals surface area contributed by atoms with Gasteiger partial charge in [0.2, 0.25) is 5.91 Å². The molecule has 4 nitrogen and oxygen atoms in total. The summed E-state index contributed by atoms with van der Waals surface area (Å²) in [6, 6.07) is 14.8. The van der Waals surface area contributed by atoms with E-state index in [0.29, 0.717) is 18.7 Å². The molecule has 1 aliphatic heterocycles. The van der Waals surface area contributed by atoms with E-state index >= 15 is 0 Å². The summed E-state index contributed by atoms with van der Waals surface area (Å²) in [4.78, 5) is 29.2. The van der Waals surface area contributed by atoms with Crippen LogP contribution in [0, 0.1) is 0 Å². The van der Waals surface area contributed by atoms with Crippen molar-refractivity contribution in [3.8, 4) is 0 Å². The van der Waals surface area contributed by atoms with Crippen molar-refractivity contribution < 1.29 is 9.59 Å². The number of hydrogen-bond acceptors (Lipinski definition) is 2. The summed E-state index contributed by atoms with van der Waals surface area (Å²) in [6.45, 7) is 4.93. The Morgan fingerprint density at radius 2 is 1.92 bits per heavy atom. The number of carbonyl (C=O) groups is 2. The quantitative estimate of drug-likeness (QED) is 0.783. The average Bonchev–Trinajstić information content (AvgIpc) is 2.63. The number of piperazine rings is 1. The molecule has 2 aromatic carbocycles. The normalized spacial score (nSPS) is 17.7. The van der Waals surface area contributed by atoms with E-state index in [9.17, 15) is 9.59 Å². The van der Waals surface area contributed by atoms with Crippen molar-refractivity contribution in [1.82, 2.24) is 4.90 Å². The van der Waals surface area contributed by atoms with E-state index in [0.717, 1.165) is 22.1 Å².